The first-order valence-corrected chi connectivity index (χ1v) is 6.96. The SMILES string of the molecule is CCC[CH]NC(CCC)C1CCCCC1. The molecule has 0 saturated heterocycles. The van der Waals surface area contributed by atoms with Gasteiger partial charge in [-0.25, -0.2) is 0 Å². The van der Waals surface area contributed by atoms with Crippen molar-refractivity contribution in [1.82, 2.24) is 5.32 Å². The minimum Gasteiger partial charge on any atom is -0.309 e. The summed E-state index contributed by atoms with van der Waals surface area (Å²) in [5.41, 5.74) is 0. The van der Waals surface area contributed by atoms with Crippen LogP contribution in [-0.4, -0.2) is 6.04 Å². The fraction of sp³-hybridized carbons (Fsp3) is 0.929. The van der Waals surface area contributed by atoms with Gasteiger partial charge in [0.15, 0.2) is 0 Å². The molecule has 0 bridgehead atoms. The zero-order valence-corrected chi connectivity index (χ0v) is 10.6. The summed E-state index contributed by atoms with van der Waals surface area (Å²) in [7, 11) is 0. The minimum absolute atomic E-state index is 0.766. The third kappa shape index (κ3) is 5.01. The Morgan fingerprint density at radius 1 is 1.13 bits per heavy atom. The molecule has 0 aliphatic heterocycles. The summed E-state index contributed by atoms with van der Waals surface area (Å²) in [5, 5.41) is 3.67. The number of unbranched alkanes of at least 4 members (excludes halogenated alkanes) is 1. The van der Waals surface area contributed by atoms with E-state index in [-0.39, 0.29) is 0 Å². The van der Waals surface area contributed by atoms with Crippen molar-refractivity contribution in [2.24, 2.45) is 5.92 Å². The van der Waals surface area contributed by atoms with Gasteiger partial charge in [0.1, 0.15) is 0 Å². The second-order valence-corrected chi connectivity index (χ2v) is 4.95. The van der Waals surface area contributed by atoms with Gasteiger partial charge < -0.3 is 5.32 Å². The van der Waals surface area contributed by atoms with E-state index in [1.54, 1.807) is 0 Å². The van der Waals surface area contributed by atoms with Crippen LogP contribution in [-0.2, 0) is 0 Å². The number of rotatable bonds is 7. The van der Waals surface area contributed by atoms with Crippen LogP contribution in [0, 0.1) is 12.5 Å². The van der Waals surface area contributed by atoms with E-state index in [1.165, 1.54) is 57.8 Å². The fourth-order valence-electron chi connectivity index (χ4n) is 2.68. The average molecular weight is 210 g/mol. The van der Waals surface area contributed by atoms with Crippen LogP contribution in [0.15, 0.2) is 0 Å². The summed E-state index contributed by atoms with van der Waals surface area (Å²) in [6, 6.07) is 0.766. The summed E-state index contributed by atoms with van der Waals surface area (Å²) in [6.07, 6.45) is 12.4. The molecule has 1 atom stereocenters. The summed E-state index contributed by atoms with van der Waals surface area (Å²) < 4.78 is 0. The molecule has 15 heavy (non-hydrogen) atoms. The first-order chi connectivity index (χ1) is 7.38. The highest BCUT2D eigenvalue weighted by molar-refractivity contribution is 4.81. The van der Waals surface area contributed by atoms with E-state index in [0.717, 1.165) is 12.0 Å². The van der Waals surface area contributed by atoms with Crippen molar-refractivity contribution >= 4 is 0 Å². The molecule has 89 valence electrons. The maximum atomic E-state index is 3.67. The molecule has 0 heterocycles. The highest BCUT2D eigenvalue weighted by Gasteiger charge is 2.22. The van der Waals surface area contributed by atoms with Crippen molar-refractivity contribution in [2.45, 2.75) is 77.7 Å². The minimum atomic E-state index is 0.766. The molecule has 1 N–H and O–H groups in total. The Kier molecular flexibility index (Phi) is 7.08. The molecule has 0 spiro atoms. The first-order valence-electron chi connectivity index (χ1n) is 6.96. The van der Waals surface area contributed by atoms with Crippen LogP contribution >= 0.6 is 0 Å². The second kappa shape index (κ2) is 8.15. The lowest BCUT2D eigenvalue weighted by molar-refractivity contribution is 0.265. The Balaban J connectivity index is 2.26. The van der Waals surface area contributed by atoms with E-state index in [9.17, 15) is 0 Å². The normalized spacial score (nSPS) is 20.4. The van der Waals surface area contributed by atoms with E-state index in [4.69, 9.17) is 0 Å². The van der Waals surface area contributed by atoms with Crippen LogP contribution in [0.4, 0.5) is 0 Å². The van der Waals surface area contributed by atoms with Gasteiger partial charge >= 0.3 is 0 Å². The zero-order chi connectivity index (χ0) is 10.9. The molecule has 0 aromatic carbocycles. The van der Waals surface area contributed by atoms with Crippen molar-refractivity contribution in [3.05, 3.63) is 6.54 Å². The van der Waals surface area contributed by atoms with Gasteiger partial charge in [-0.3, -0.25) is 0 Å². The predicted molar refractivity (Wildman–Crippen MR) is 67.6 cm³/mol. The molecule has 0 aromatic heterocycles. The van der Waals surface area contributed by atoms with Gasteiger partial charge in [0.2, 0.25) is 0 Å². The smallest absolute Gasteiger partial charge is 0.0223 e. The van der Waals surface area contributed by atoms with Crippen molar-refractivity contribution in [1.29, 1.82) is 0 Å². The van der Waals surface area contributed by atoms with Gasteiger partial charge in [0.25, 0.3) is 0 Å². The molecular formula is C14H28N. The number of nitrogens with one attached hydrogen (secondary N) is 1. The third-order valence-corrected chi connectivity index (χ3v) is 3.58. The molecule has 1 radical (unpaired) electrons. The standard InChI is InChI=1S/C14H28N/c1-3-5-12-15-14(9-4-2)13-10-7-6-8-11-13/h12-15H,3-11H2,1-2H3. The summed E-state index contributed by atoms with van der Waals surface area (Å²) in [4.78, 5) is 0. The Labute approximate surface area is 96.0 Å². The van der Waals surface area contributed by atoms with Crippen LogP contribution in [0.5, 0.6) is 0 Å². The van der Waals surface area contributed by atoms with Crippen molar-refractivity contribution in [3.8, 4) is 0 Å². The quantitative estimate of drug-likeness (QED) is 0.618. The van der Waals surface area contributed by atoms with Crippen LogP contribution in [0.3, 0.4) is 0 Å². The molecule has 1 rings (SSSR count). The van der Waals surface area contributed by atoms with Crippen LogP contribution < -0.4 is 5.32 Å². The lowest BCUT2D eigenvalue weighted by Crippen LogP contribution is -2.35. The maximum absolute atomic E-state index is 3.67. The molecule has 1 aliphatic rings. The van der Waals surface area contributed by atoms with Crippen LogP contribution in [0.2, 0.25) is 0 Å². The molecule has 0 aromatic rings. The Hall–Kier alpha value is -0.0400. The molecule has 1 aliphatic carbocycles. The van der Waals surface area contributed by atoms with E-state index in [0.29, 0.717) is 0 Å². The molecular weight excluding hydrogens is 182 g/mol. The van der Waals surface area contributed by atoms with Crippen molar-refractivity contribution < 1.29 is 0 Å². The first kappa shape index (κ1) is 13.0. The average Bonchev–Trinajstić information content (AvgIpc) is 2.29. The monoisotopic (exact) mass is 210 g/mol. The largest absolute Gasteiger partial charge is 0.309 e. The molecule has 0 amide bonds. The Bertz CT molecular complexity index is 138. The lowest BCUT2D eigenvalue weighted by Gasteiger charge is -2.31. The zero-order valence-electron chi connectivity index (χ0n) is 10.6. The topological polar surface area (TPSA) is 12.0 Å². The van der Waals surface area contributed by atoms with Gasteiger partial charge in [-0.15, -0.1) is 0 Å². The number of hydrogen-bond donors (Lipinski definition) is 1. The molecule has 1 heteroatoms. The van der Waals surface area contributed by atoms with Crippen molar-refractivity contribution in [3.63, 3.8) is 0 Å². The van der Waals surface area contributed by atoms with E-state index < -0.39 is 0 Å². The molecule has 1 unspecified atom stereocenters. The van der Waals surface area contributed by atoms with Gasteiger partial charge in [-0.05, 0) is 31.6 Å². The number of hydrogen-bond acceptors (Lipinski definition) is 1. The van der Waals surface area contributed by atoms with E-state index in [2.05, 4.69) is 25.7 Å². The van der Waals surface area contributed by atoms with E-state index >= 15 is 0 Å². The summed E-state index contributed by atoms with van der Waals surface area (Å²) in [5.74, 6) is 0.951. The van der Waals surface area contributed by atoms with Crippen LogP contribution in [0.25, 0.3) is 0 Å². The predicted octanol–water partition coefficient (Wildman–Crippen LogP) is 4.29. The van der Waals surface area contributed by atoms with Gasteiger partial charge in [-0.1, -0.05) is 46.0 Å². The summed E-state index contributed by atoms with van der Waals surface area (Å²) >= 11 is 0. The maximum Gasteiger partial charge on any atom is 0.0223 e. The van der Waals surface area contributed by atoms with E-state index in [1.807, 2.05) is 0 Å². The van der Waals surface area contributed by atoms with Gasteiger partial charge in [-0.2, -0.15) is 0 Å². The second-order valence-electron chi connectivity index (χ2n) is 4.95. The van der Waals surface area contributed by atoms with Crippen LogP contribution in [0.1, 0.15) is 71.6 Å². The Morgan fingerprint density at radius 2 is 1.87 bits per heavy atom. The molecule has 1 nitrogen and oxygen atoms in total. The Morgan fingerprint density at radius 3 is 2.47 bits per heavy atom. The third-order valence-electron chi connectivity index (χ3n) is 3.58. The molecule has 1 saturated carbocycles. The fourth-order valence-corrected chi connectivity index (χ4v) is 2.68. The van der Waals surface area contributed by atoms with Gasteiger partial charge in [0, 0.05) is 12.6 Å². The lowest BCUT2D eigenvalue weighted by atomic mass is 9.82. The van der Waals surface area contributed by atoms with Gasteiger partial charge in [0.05, 0.1) is 0 Å². The summed E-state index contributed by atoms with van der Waals surface area (Å²) in [6.45, 7) is 6.85. The highest BCUT2D eigenvalue weighted by Crippen LogP contribution is 2.28. The highest BCUT2D eigenvalue weighted by atomic mass is 14.9. The van der Waals surface area contributed by atoms with Crippen molar-refractivity contribution in [2.75, 3.05) is 0 Å². The molecule has 1 fully saturated rings.